The molecule has 4 nitrogen and oxygen atoms in total. The van der Waals surface area contributed by atoms with E-state index < -0.39 is 5.54 Å². The van der Waals surface area contributed by atoms with Crippen LogP contribution in [0.3, 0.4) is 0 Å². The number of hydrogen-bond donors (Lipinski definition) is 1. The van der Waals surface area contributed by atoms with Crippen molar-refractivity contribution in [1.82, 2.24) is 4.90 Å². The van der Waals surface area contributed by atoms with Crippen LogP contribution in [0.4, 0.5) is 0 Å². The highest BCUT2D eigenvalue weighted by Crippen LogP contribution is 2.11. The third-order valence-electron chi connectivity index (χ3n) is 1.92. The Bertz CT molecular complexity index is 202. The van der Waals surface area contributed by atoms with Crippen LogP contribution in [0.25, 0.3) is 0 Å². The molecule has 0 rings (SSSR count). The Balaban J connectivity index is 4.59. The second-order valence-corrected chi connectivity index (χ2v) is 3.51. The number of amidine groups is 1. The summed E-state index contributed by atoms with van der Waals surface area (Å²) in [5.74, 6) is 0.0856. The molecule has 0 aromatic heterocycles. The quantitative estimate of drug-likeness (QED) is 0.478. The van der Waals surface area contributed by atoms with Crippen molar-refractivity contribution in [2.75, 3.05) is 14.1 Å². The van der Waals surface area contributed by atoms with E-state index in [0.29, 0.717) is 5.84 Å². The summed E-state index contributed by atoms with van der Waals surface area (Å²) >= 11 is 0. The number of carbonyl (C=O) groups excluding carboxylic acids is 1. The molecule has 0 heterocycles. The molecule has 0 aliphatic carbocycles. The molecule has 12 heavy (non-hydrogen) atoms. The van der Waals surface area contributed by atoms with E-state index in [2.05, 4.69) is 4.99 Å². The van der Waals surface area contributed by atoms with Gasteiger partial charge >= 0.3 is 0 Å². The van der Waals surface area contributed by atoms with Gasteiger partial charge < -0.3 is 5.73 Å². The predicted molar refractivity (Wildman–Crippen MR) is 50.1 cm³/mol. The van der Waals surface area contributed by atoms with E-state index in [9.17, 15) is 4.79 Å². The van der Waals surface area contributed by atoms with Crippen molar-refractivity contribution in [3.8, 4) is 0 Å². The molecule has 70 valence electrons. The average Bonchev–Trinajstić information content (AvgIpc) is 1.85. The third kappa shape index (κ3) is 2.62. The Morgan fingerprint density at radius 1 is 1.42 bits per heavy atom. The zero-order chi connectivity index (χ0) is 9.94. The van der Waals surface area contributed by atoms with E-state index in [-0.39, 0.29) is 5.91 Å². The fourth-order valence-corrected chi connectivity index (χ4v) is 0.488. The molecule has 0 saturated heterocycles. The van der Waals surface area contributed by atoms with Crippen LogP contribution in [0, 0.1) is 0 Å². The van der Waals surface area contributed by atoms with Gasteiger partial charge in [0, 0.05) is 0 Å². The van der Waals surface area contributed by atoms with Crippen molar-refractivity contribution in [2.45, 2.75) is 26.3 Å². The minimum Gasteiger partial charge on any atom is -0.387 e. The van der Waals surface area contributed by atoms with E-state index >= 15 is 0 Å². The second-order valence-electron chi connectivity index (χ2n) is 3.51. The summed E-state index contributed by atoms with van der Waals surface area (Å²) in [5.41, 5.74) is 4.72. The van der Waals surface area contributed by atoms with Crippen LogP contribution < -0.4 is 5.73 Å². The number of nitrogens with zero attached hydrogens (tertiary/aromatic N) is 2. The van der Waals surface area contributed by atoms with Gasteiger partial charge in [-0.05, 0) is 34.9 Å². The van der Waals surface area contributed by atoms with E-state index in [4.69, 9.17) is 5.73 Å². The molecule has 0 fully saturated rings. The van der Waals surface area contributed by atoms with Crippen LogP contribution in [-0.4, -0.2) is 36.3 Å². The number of hydrogen-bond acceptors (Lipinski definition) is 2. The van der Waals surface area contributed by atoms with Crippen LogP contribution in [0.15, 0.2) is 4.99 Å². The van der Waals surface area contributed by atoms with Crippen molar-refractivity contribution in [3.05, 3.63) is 0 Å². The van der Waals surface area contributed by atoms with Crippen LogP contribution in [-0.2, 0) is 4.79 Å². The van der Waals surface area contributed by atoms with Crippen LogP contribution >= 0.6 is 0 Å². The lowest BCUT2D eigenvalue weighted by Gasteiger charge is -2.28. The molecule has 0 aliphatic heterocycles. The maximum absolute atomic E-state index is 11.4. The molecule has 0 unspecified atom stereocenters. The summed E-state index contributed by atoms with van der Waals surface area (Å²) in [4.78, 5) is 16.9. The van der Waals surface area contributed by atoms with Gasteiger partial charge in [0.2, 0.25) is 0 Å². The van der Waals surface area contributed by atoms with Gasteiger partial charge in [-0.2, -0.15) is 4.99 Å². The van der Waals surface area contributed by atoms with Gasteiger partial charge in [0.25, 0.3) is 5.91 Å². The van der Waals surface area contributed by atoms with E-state index in [0.717, 1.165) is 0 Å². The summed E-state index contributed by atoms with van der Waals surface area (Å²) in [6, 6.07) is 0. The molecule has 0 radical (unpaired) electrons. The lowest BCUT2D eigenvalue weighted by molar-refractivity contribution is -0.126. The molecular weight excluding hydrogens is 154 g/mol. The van der Waals surface area contributed by atoms with E-state index in [1.807, 2.05) is 32.8 Å². The number of amides is 1. The molecule has 2 N–H and O–H groups in total. The van der Waals surface area contributed by atoms with Gasteiger partial charge in [-0.25, -0.2) is 0 Å². The van der Waals surface area contributed by atoms with Gasteiger partial charge in [0.15, 0.2) is 0 Å². The number of rotatable bonds is 2. The average molecular weight is 171 g/mol. The summed E-state index contributed by atoms with van der Waals surface area (Å²) in [5, 5.41) is 0. The third-order valence-corrected chi connectivity index (χ3v) is 1.92. The normalized spacial score (nSPS) is 13.7. The Morgan fingerprint density at radius 3 is 2.08 bits per heavy atom. The number of nitrogens with two attached hydrogens (primary N) is 1. The minimum absolute atomic E-state index is 0.215. The SMILES string of the molecule is CC(N)=NC(=O)C(C)(C)N(C)C. The van der Waals surface area contributed by atoms with Gasteiger partial charge in [0.1, 0.15) is 0 Å². The maximum Gasteiger partial charge on any atom is 0.267 e. The number of likely N-dealkylation sites (N-methyl/N-ethyl adjacent to an activating group) is 1. The smallest absolute Gasteiger partial charge is 0.267 e. The molecule has 0 aromatic carbocycles. The van der Waals surface area contributed by atoms with Gasteiger partial charge in [-0.1, -0.05) is 0 Å². The van der Waals surface area contributed by atoms with Crippen molar-refractivity contribution >= 4 is 11.7 Å². The van der Waals surface area contributed by atoms with Crippen molar-refractivity contribution in [3.63, 3.8) is 0 Å². The second kappa shape index (κ2) is 3.67. The topological polar surface area (TPSA) is 58.7 Å². The highest BCUT2D eigenvalue weighted by atomic mass is 16.2. The molecule has 0 spiro atoms. The Kier molecular flexibility index (Phi) is 3.39. The fraction of sp³-hybridized carbons (Fsp3) is 0.750. The largest absolute Gasteiger partial charge is 0.387 e. The fourth-order valence-electron chi connectivity index (χ4n) is 0.488. The standard InChI is InChI=1S/C8H17N3O/c1-6(9)10-7(12)8(2,3)11(4)5/h1-5H3,(H2,9,10,12). The van der Waals surface area contributed by atoms with Crippen LogP contribution in [0.1, 0.15) is 20.8 Å². The summed E-state index contributed by atoms with van der Waals surface area (Å²) < 4.78 is 0. The highest BCUT2D eigenvalue weighted by molar-refractivity contribution is 5.96. The zero-order valence-corrected chi connectivity index (χ0v) is 8.38. The molecule has 0 atom stereocenters. The van der Waals surface area contributed by atoms with Crippen molar-refractivity contribution in [1.29, 1.82) is 0 Å². The Hall–Kier alpha value is -0.900. The Morgan fingerprint density at radius 2 is 1.83 bits per heavy atom. The molecule has 0 aliphatic rings. The maximum atomic E-state index is 11.4. The number of carbonyl (C=O) groups is 1. The molecule has 4 heteroatoms. The Labute approximate surface area is 73.5 Å². The lowest BCUT2D eigenvalue weighted by atomic mass is 10.0. The first-order valence-electron chi connectivity index (χ1n) is 3.81. The molecule has 1 amide bonds. The van der Waals surface area contributed by atoms with E-state index in [1.54, 1.807) is 6.92 Å². The van der Waals surface area contributed by atoms with Crippen molar-refractivity contribution < 1.29 is 4.79 Å². The monoisotopic (exact) mass is 171 g/mol. The molecule has 0 bridgehead atoms. The number of aliphatic imine (C=N–C) groups is 1. The highest BCUT2D eigenvalue weighted by Gasteiger charge is 2.29. The molecular formula is C8H17N3O. The summed E-state index contributed by atoms with van der Waals surface area (Å²) in [6.45, 7) is 5.22. The first-order valence-corrected chi connectivity index (χ1v) is 3.81. The molecule has 0 aromatic rings. The molecule has 0 saturated carbocycles. The lowest BCUT2D eigenvalue weighted by Crippen LogP contribution is -2.45. The van der Waals surface area contributed by atoms with Gasteiger partial charge in [0.05, 0.1) is 11.4 Å². The van der Waals surface area contributed by atoms with Gasteiger partial charge in [-0.3, -0.25) is 9.69 Å². The summed E-state index contributed by atoms with van der Waals surface area (Å²) in [6.07, 6.45) is 0. The first kappa shape index (κ1) is 11.1. The van der Waals surface area contributed by atoms with Crippen LogP contribution in [0.5, 0.6) is 0 Å². The van der Waals surface area contributed by atoms with E-state index in [1.165, 1.54) is 0 Å². The first-order chi connectivity index (χ1) is 5.28. The van der Waals surface area contributed by atoms with Crippen molar-refractivity contribution in [2.24, 2.45) is 10.7 Å². The predicted octanol–water partition coefficient (Wildman–Crippen LogP) is 0.230. The zero-order valence-electron chi connectivity index (χ0n) is 8.38. The van der Waals surface area contributed by atoms with Gasteiger partial charge in [-0.15, -0.1) is 0 Å². The van der Waals surface area contributed by atoms with Crippen LogP contribution in [0.2, 0.25) is 0 Å². The summed E-state index contributed by atoms with van der Waals surface area (Å²) in [7, 11) is 3.67. The minimum atomic E-state index is -0.583.